The van der Waals surface area contributed by atoms with Crippen LogP contribution in [0.3, 0.4) is 0 Å². The van der Waals surface area contributed by atoms with Gasteiger partial charge in [-0.05, 0) is 37.7 Å². The Labute approximate surface area is 134 Å². The van der Waals surface area contributed by atoms with Gasteiger partial charge >= 0.3 is 0 Å². The van der Waals surface area contributed by atoms with Crippen LogP contribution in [-0.4, -0.2) is 38.5 Å². The number of sulfone groups is 1. The summed E-state index contributed by atoms with van der Waals surface area (Å²) in [5.41, 5.74) is 0. The van der Waals surface area contributed by atoms with Crippen molar-refractivity contribution in [2.24, 2.45) is 0 Å². The van der Waals surface area contributed by atoms with E-state index < -0.39 is 9.84 Å². The van der Waals surface area contributed by atoms with E-state index in [0.717, 1.165) is 23.3 Å². The number of rotatable bonds is 5. The van der Waals surface area contributed by atoms with Crippen LogP contribution in [0.1, 0.15) is 0 Å². The van der Waals surface area contributed by atoms with E-state index >= 15 is 0 Å². The highest BCUT2D eigenvalue weighted by Crippen LogP contribution is 2.33. The molecule has 0 amide bonds. The lowest BCUT2D eigenvalue weighted by Gasteiger charge is -2.10. The van der Waals surface area contributed by atoms with Gasteiger partial charge < -0.3 is 9.47 Å². The largest absolute Gasteiger partial charge is 0.337 e. The summed E-state index contributed by atoms with van der Waals surface area (Å²) in [6, 6.07) is 10.5. The second-order valence-electron chi connectivity index (χ2n) is 5.45. The van der Waals surface area contributed by atoms with Crippen LogP contribution in [0.25, 0.3) is 10.2 Å². The van der Waals surface area contributed by atoms with Gasteiger partial charge in [0, 0.05) is 24.7 Å². The van der Waals surface area contributed by atoms with E-state index in [0.29, 0.717) is 9.79 Å². The summed E-state index contributed by atoms with van der Waals surface area (Å²) in [6.07, 6.45) is 1.77. The number of thiophene rings is 1. The van der Waals surface area contributed by atoms with Crippen LogP contribution in [0.15, 0.2) is 57.8 Å². The first-order valence-corrected chi connectivity index (χ1v) is 9.37. The summed E-state index contributed by atoms with van der Waals surface area (Å²) in [6.45, 7) is 1.64. The first kappa shape index (κ1) is 15.3. The number of benzene rings is 1. The van der Waals surface area contributed by atoms with Gasteiger partial charge in [0.1, 0.15) is 4.83 Å². The zero-order valence-electron chi connectivity index (χ0n) is 12.6. The molecule has 0 bridgehead atoms. The second kappa shape index (κ2) is 5.87. The Kier molecular flexibility index (Phi) is 4.08. The molecule has 2 aromatic heterocycles. The van der Waals surface area contributed by atoms with E-state index in [9.17, 15) is 8.42 Å². The van der Waals surface area contributed by atoms with Crippen molar-refractivity contribution in [1.82, 2.24) is 9.47 Å². The molecule has 2 heterocycles. The summed E-state index contributed by atoms with van der Waals surface area (Å²) in [5.74, 6) is 0. The van der Waals surface area contributed by atoms with Gasteiger partial charge in [0.25, 0.3) is 0 Å². The fraction of sp³-hybridized carbons (Fsp3) is 0.250. The number of nitrogens with zero attached hydrogens (tertiary/aromatic N) is 2. The van der Waals surface area contributed by atoms with E-state index in [-0.39, 0.29) is 0 Å². The van der Waals surface area contributed by atoms with Crippen molar-refractivity contribution in [1.29, 1.82) is 0 Å². The van der Waals surface area contributed by atoms with Gasteiger partial charge in [-0.25, -0.2) is 8.42 Å². The molecule has 0 fully saturated rings. The summed E-state index contributed by atoms with van der Waals surface area (Å²) < 4.78 is 27.8. The van der Waals surface area contributed by atoms with Crippen molar-refractivity contribution >= 4 is 31.4 Å². The lowest BCUT2D eigenvalue weighted by Crippen LogP contribution is -2.17. The van der Waals surface area contributed by atoms with Crippen LogP contribution in [0.5, 0.6) is 0 Å². The van der Waals surface area contributed by atoms with E-state index in [1.54, 1.807) is 41.8 Å². The predicted molar refractivity (Wildman–Crippen MR) is 90.3 cm³/mol. The second-order valence-corrected chi connectivity index (χ2v) is 8.26. The van der Waals surface area contributed by atoms with Gasteiger partial charge in [0.15, 0.2) is 0 Å². The van der Waals surface area contributed by atoms with Crippen LogP contribution in [0.2, 0.25) is 0 Å². The van der Waals surface area contributed by atoms with Crippen LogP contribution in [-0.2, 0) is 16.4 Å². The van der Waals surface area contributed by atoms with Crippen molar-refractivity contribution in [3.63, 3.8) is 0 Å². The molecule has 0 atom stereocenters. The Hall–Kier alpha value is -1.63. The van der Waals surface area contributed by atoms with E-state index in [1.807, 2.05) is 36.2 Å². The molecular weight excluding hydrogens is 316 g/mol. The number of likely N-dealkylation sites (N-methyl/N-ethyl adjacent to an activating group) is 1. The van der Waals surface area contributed by atoms with Gasteiger partial charge in [0.05, 0.1) is 9.79 Å². The van der Waals surface area contributed by atoms with E-state index in [1.165, 1.54) is 0 Å². The van der Waals surface area contributed by atoms with E-state index in [2.05, 4.69) is 4.90 Å². The lowest BCUT2D eigenvalue weighted by molar-refractivity contribution is 0.387. The standard InChI is InChI=1S/C16H18N2O2S2/c1-17(2)9-10-18-12-15(14-8-11-21-16(14)18)22(19,20)13-6-4-3-5-7-13/h3-8,11-12H,9-10H2,1-2H3. The quantitative estimate of drug-likeness (QED) is 0.720. The highest BCUT2D eigenvalue weighted by molar-refractivity contribution is 7.91. The lowest BCUT2D eigenvalue weighted by atomic mass is 10.4. The fourth-order valence-corrected chi connectivity index (χ4v) is 4.87. The highest BCUT2D eigenvalue weighted by Gasteiger charge is 2.23. The Bertz CT molecular complexity index is 877. The van der Waals surface area contributed by atoms with Crippen molar-refractivity contribution in [2.45, 2.75) is 16.3 Å². The molecule has 4 nitrogen and oxygen atoms in total. The average Bonchev–Trinajstić information content (AvgIpc) is 3.08. The number of hydrogen-bond acceptors (Lipinski definition) is 4. The van der Waals surface area contributed by atoms with Crippen molar-refractivity contribution in [3.8, 4) is 0 Å². The predicted octanol–water partition coefficient (Wildman–Crippen LogP) is 3.10. The molecular formula is C16H18N2O2S2. The molecule has 3 rings (SSSR count). The summed E-state index contributed by atoms with van der Waals surface area (Å²) in [7, 11) is 0.540. The molecule has 0 N–H and O–H groups in total. The monoisotopic (exact) mass is 334 g/mol. The molecule has 22 heavy (non-hydrogen) atoms. The van der Waals surface area contributed by atoms with Crippen LogP contribution in [0.4, 0.5) is 0 Å². The van der Waals surface area contributed by atoms with E-state index in [4.69, 9.17) is 0 Å². The SMILES string of the molecule is CN(C)CCn1cc(S(=O)(=O)c2ccccc2)c2ccsc21. The molecule has 0 aliphatic carbocycles. The molecule has 0 unspecified atom stereocenters. The van der Waals surface area contributed by atoms with Crippen molar-refractivity contribution < 1.29 is 8.42 Å². The van der Waals surface area contributed by atoms with Crippen LogP contribution >= 0.6 is 11.3 Å². The number of fused-ring (bicyclic) bond motifs is 1. The third-order valence-electron chi connectivity index (χ3n) is 3.58. The summed E-state index contributed by atoms with van der Waals surface area (Å²) in [5, 5.41) is 2.76. The minimum atomic E-state index is -3.48. The third-order valence-corrected chi connectivity index (χ3v) is 6.32. The normalized spacial score (nSPS) is 12.3. The molecule has 6 heteroatoms. The van der Waals surface area contributed by atoms with Gasteiger partial charge in [-0.3, -0.25) is 0 Å². The molecule has 1 aromatic carbocycles. The van der Waals surface area contributed by atoms with Crippen molar-refractivity contribution in [3.05, 3.63) is 48.0 Å². The smallest absolute Gasteiger partial charge is 0.208 e. The van der Waals surface area contributed by atoms with Crippen molar-refractivity contribution in [2.75, 3.05) is 20.6 Å². The minimum Gasteiger partial charge on any atom is -0.337 e. The zero-order valence-corrected chi connectivity index (χ0v) is 14.2. The molecule has 3 aromatic rings. The van der Waals surface area contributed by atoms with Crippen LogP contribution < -0.4 is 0 Å². The molecule has 0 radical (unpaired) electrons. The fourth-order valence-electron chi connectivity index (χ4n) is 2.40. The summed E-state index contributed by atoms with van der Waals surface area (Å²) >= 11 is 1.58. The van der Waals surface area contributed by atoms with Crippen LogP contribution in [0, 0.1) is 0 Å². The Balaban J connectivity index is 2.10. The van der Waals surface area contributed by atoms with Gasteiger partial charge in [-0.2, -0.15) is 0 Å². The number of aromatic nitrogens is 1. The average molecular weight is 334 g/mol. The molecule has 0 aliphatic heterocycles. The summed E-state index contributed by atoms with van der Waals surface area (Å²) in [4.78, 5) is 3.84. The minimum absolute atomic E-state index is 0.341. The maximum atomic E-state index is 12.9. The van der Waals surface area contributed by atoms with Gasteiger partial charge in [-0.1, -0.05) is 18.2 Å². The van der Waals surface area contributed by atoms with Gasteiger partial charge in [-0.15, -0.1) is 11.3 Å². The Morgan fingerprint density at radius 1 is 1.14 bits per heavy atom. The van der Waals surface area contributed by atoms with Gasteiger partial charge in [0.2, 0.25) is 9.84 Å². The molecule has 0 saturated heterocycles. The number of hydrogen-bond donors (Lipinski definition) is 0. The zero-order chi connectivity index (χ0) is 15.7. The molecule has 0 aliphatic rings. The third kappa shape index (κ3) is 2.69. The maximum absolute atomic E-state index is 12.9. The topological polar surface area (TPSA) is 42.3 Å². The molecule has 116 valence electrons. The Morgan fingerprint density at radius 2 is 1.86 bits per heavy atom. The molecule has 0 saturated carbocycles. The first-order chi connectivity index (χ1) is 10.5. The molecule has 0 spiro atoms. The highest BCUT2D eigenvalue weighted by atomic mass is 32.2. The first-order valence-electron chi connectivity index (χ1n) is 7.01. The maximum Gasteiger partial charge on any atom is 0.208 e. The Morgan fingerprint density at radius 3 is 2.55 bits per heavy atom.